The smallest absolute Gasteiger partial charge is 0.222 e. The van der Waals surface area contributed by atoms with E-state index in [4.69, 9.17) is 0 Å². The quantitative estimate of drug-likeness (QED) is 0.809. The number of hydrogen-bond donors (Lipinski definition) is 0. The number of ketones is 1. The Morgan fingerprint density at radius 1 is 1.41 bits per heavy atom. The minimum absolute atomic E-state index is 0.0378. The molecule has 1 amide bonds. The fraction of sp³-hybridized carbons (Fsp3) is 0.500. The molecule has 0 bridgehead atoms. The second kappa shape index (κ2) is 6.91. The molecule has 1 rings (SSSR count). The first-order valence-electron chi connectivity index (χ1n) is 5.45. The molecule has 0 spiro atoms. The van der Waals surface area contributed by atoms with Crippen molar-refractivity contribution < 1.29 is 9.59 Å². The maximum Gasteiger partial charge on any atom is 0.222 e. The van der Waals surface area contributed by atoms with Crippen molar-refractivity contribution in [2.75, 3.05) is 13.6 Å². The van der Waals surface area contributed by atoms with Gasteiger partial charge in [0.1, 0.15) is 5.78 Å². The van der Waals surface area contributed by atoms with E-state index in [1.807, 2.05) is 5.38 Å². The number of likely N-dealkylation sites (N-methyl/N-ethyl adjacent to an activating group) is 1. The average molecular weight is 318 g/mol. The van der Waals surface area contributed by atoms with E-state index in [-0.39, 0.29) is 11.7 Å². The highest BCUT2D eigenvalue weighted by atomic mass is 79.9. The summed E-state index contributed by atoms with van der Waals surface area (Å²) in [5.41, 5.74) is 0. The number of amides is 1. The van der Waals surface area contributed by atoms with Crippen LogP contribution in [0.25, 0.3) is 0 Å². The number of thiophene rings is 1. The van der Waals surface area contributed by atoms with E-state index in [2.05, 4.69) is 22.0 Å². The van der Waals surface area contributed by atoms with Crippen molar-refractivity contribution in [2.24, 2.45) is 0 Å². The van der Waals surface area contributed by atoms with Gasteiger partial charge in [0, 0.05) is 41.2 Å². The van der Waals surface area contributed by atoms with Crippen molar-refractivity contribution in [1.82, 2.24) is 4.90 Å². The summed E-state index contributed by atoms with van der Waals surface area (Å²) in [5, 5.41) is 2.03. The Morgan fingerprint density at radius 2 is 2.12 bits per heavy atom. The summed E-state index contributed by atoms with van der Waals surface area (Å²) in [7, 11) is 1.78. The molecule has 0 aliphatic rings. The van der Waals surface area contributed by atoms with Crippen LogP contribution in [-0.2, 0) is 16.0 Å². The van der Waals surface area contributed by atoms with Crippen LogP contribution in [0.2, 0.25) is 0 Å². The molecule has 94 valence electrons. The van der Waals surface area contributed by atoms with Crippen molar-refractivity contribution in [2.45, 2.75) is 26.2 Å². The molecular weight excluding hydrogens is 302 g/mol. The van der Waals surface area contributed by atoms with Gasteiger partial charge < -0.3 is 9.69 Å². The van der Waals surface area contributed by atoms with Crippen LogP contribution in [-0.4, -0.2) is 30.2 Å². The molecule has 3 nitrogen and oxygen atoms in total. The van der Waals surface area contributed by atoms with Crippen molar-refractivity contribution in [1.29, 1.82) is 0 Å². The minimum Gasteiger partial charge on any atom is -0.345 e. The molecule has 0 radical (unpaired) electrons. The average Bonchev–Trinajstić information content (AvgIpc) is 2.68. The molecule has 0 saturated heterocycles. The van der Waals surface area contributed by atoms with Crippen LogP contribution in [0.3, 0.4) is 0 Å². The number of hydrogen-bond acceptors (Lipinski definition) is 3. The summed E-state index contributed by atoms with van der Waals surface area (Å²) in [6.45, 7) is 2.21. The third-order valence-electron chi connectivity index (χ3n) is 2.43. The lowest BCUT2D eigenvalue weighted by Gasteiger charge is -2.16. The highest BCUT2D eigenvalue weighted by molar-refractivity contribution is 9.10. The molecule has 1 aromatic rings. The fourth-order valence-corrected chi connectivity index (χ4v) is 2.81. The second-order valence-electron chi connectivity index (χ2n) is 4.00. The highest BCUT2D eigenvalue weighted by Gasteiger charge is 2.10. The molecule has 5 heteroatoms. The number of halogens is 1. The van der Waals surface area contributed by atoms with Gasteiger partial charge in [0.2, 0.25) is 5.91 Å². The van der Waals surface area contributed by atoms with Gasteiger partial charge >= 0.3 is 0 Å². The zero-order chi connectivity index (χ0) is 12.8. The first kappa shape index (κ1) is 14.4. The van der Waals surface area contributed by atoms with Gasteiger partial charge in [0.25, 0.3) is 0 Å². The van der Waals surface area contributed by atoms with Crippen LogP contribution in [0.4, 0.5) is 0 Å². The Balaban J connectivity index is 2.31. The summed E-state index contributed by atoms with van der Waals surface area (Å²) in [6.07, 6.45) is 1.52. The van der Waals surface area contributed by atoms with Gasteiger partial charge in [-0.15, -0.1) is 11.3 Å². The molecule has 0 aromatic carbocycles. The molecule has 0 atom stereocenters. The van der Waals surface area contributed by atoms with E-state index >= 15 is 0 Å². The Bertz CT molecular complexity index is 403. The highest BCUT2D eigenvalue weighted by Crippen LogP contribution is 2.20. The second-order valence-corrected chi connectivity index (χ2v) is 5.91. The maximum atomic E-state index is 11.6. The van der Waals surface area contributed by atoms with Crippen molar-refractivity contribution in [3.05, 3.63) is 20.8 Å². The molecule has 0 aliphatic heterocycles. The van der Waals surface area contributed by atoms with Crippen molar-refractivity contribution >= 4 is 39.0 Å². The molecule has 0 aliphatic carbocycles. The Kier molecular flexibility index (Phi) is 5.85. The normalized spacial score (nSPS) is 10.3. The third kappa shape index (κ3) is 5.46. The van der Waals surface area contributed by atoms with Gasteiger partial charge in [-0.2, -0.15) is 0 Å². The zero-order valence-electron chi connectivity index (χ0n) is 10.0. The van der Waals surface area contributed by atoms with E-state index in [0.717, 1.165) is 10.9 Å². The van der Waals surface area contributed by atoms with Crippen LogP contribution < -0.4 is 0 Å². The lowest BCUT2D eigenvalue weighted by atomic mass is 10.2. The molecule has 0 unspecified atom stereocenters. The van der Waals surface area contributed by atoms with Gasteiger partial charge in [-0.25, -0.2) is 0 Å². The number of carbonyl (C=O) groups is 2. The Morgan fingerprint density at radius 3 is 2.65 bits per heavy atom. The molecule has 0 fully saturated rings. The number of rotatable bonds is 6. The molecule has 0 saturated carbocycles. The van der Waals surface area contributed by atoms with Gasteiger partial charge in [-0.1, -0.05) is 0 Å². The predicted octanol–water partition coefficient (Wildman–Crippen LogP) is 2.88. The monoisotopic (exact) mass is 317 g/mol. The zero-order valence-corrected chi connectivity index (χ0v) is 12.4. The standard InChI is InChI=1S/C12H16BrNO2S/c1-9(15)3-4-12(16)14(2)6-5-11-7-10(13)8-17-11/h7-8H,3-6H2,1-2H3. The largest absolute Gasteiger partial charge is 0.345 e. The molecule has 0 N–H and O–H groups in total. The molecule has 1 heterocycles. The van der Waals surface area contributed by atoms with E-state index in [1.165, 1.54) is 11.8 Å². The van der Waals surface area contributed by atoms with E-state index in [9.17, 15) is 9.59 Å². The summed E-state index contributed by atoms with van der Waals surface area (Å²) in [6, 6.07) is 2.07. The van der Waals surface area contributed by atoms with Crippen molar-refractivity contribution in [3.63, 3.8) is 0 Å². The van der Waals surface area contributed by atoms with Crippen LogP contribution >= 0.6 is 27.3 Å². The van der Waals surface area contributed by atoms with Crippen LogP contribution in [0, 0.1) is 0 Å². The number of nitrogens with zero attached hydrogens (tertiary/aromatic N) is 1. The number of carbonyl (C=O) groups excluding carboxylic acids is 2. The Labute approximate surface area is 114 Å². The van der Waals surface area contributed by atoms with E-state index in [1.54, 1.807) is 23.3 Å². The van der Waals surface area contributed by atoms with E-state index < -0.39 is 0 Å². The summed E-state index contributed by atoms with van der Waals surface area (Å²) in [4.78, 5) is 25.4. The maximum absolute atomic E-state index is 11.6. The molecular formula is C12H16BrNO2S. The van der Waals surface area contributed by atoms with Gasteiger partial charge in [0.15, 0.2) is 0 Å². The number of Topliss-reactive ketones (excluding diaryl/α,β-unsaturated/α-hetero) is 1. The molecule has 17 heavy (non-hydrogen) atoms. The van der Waals surface area contributed by atoms with Crippen molar-refractivity contribution in [3.8, 4) is 0 Å². The minimum atomic E-state index is 0.0378. The topological polar surface area (TPSA) is 37.4 Å². The fourth-order valence-electron chi connectivity index (χ4n) is 1.36. The summed E-state index contributed by atoms with van der Waals surface area (Å²) >= 11 is 5.08. The lowest BCUT2D eigenvalue weighted by Crippen LogP contribution is -2.28. The summed E-state index contributed by atoms with van der Waals surface area (Å²) in [5.74, 6) is 0.102. The van der Waals surface area contributed by atoms with Gasteiger partial charge in [0.05, 0.1) is 0 Å². The predicted molar refractivity (Wildman–Crippen MR) is 73.3 cm³/mol. The van der Waals surface area contributed by atoms with Crippen LogP contribution in [0.1, 0.15) is 24.6 Å². The SMILES string of the molecule is CC(=O)CCC(=O)N(C)CCc1cc(Br)cs1. The first-order chi connectivity index (χ1) is 7.99. The van der Waals surface area contributed by atoms with Crippen LogP contribution in [0.5, 0.6) is 0 Å². The molecule has 1 aromatic heterocycles. The van der Waals surface area contributed by atoms with Gasteiger partial charge in [-0.3, -0.25) is 4.79 Å². The van der Waals surface area contributed by atoms with Crippen LogP contribution in [0.15, 0.2) is 15.9 Å². The third-order valence-corrected chi connectivity index (χ3v) is 4.19. The van der Waals surface area contributed by atoms with E-state index in [0.29, 0.717) is 19.4 Å². The summed E-state index contributed by atoms with van der Waals surface area (Å²) < 4.78 is 1.09. The first-order valence-corrected chi connectivity index (χ1v) is 7.12. The Hall–Kier alpha value is -0.680. The van der Waals surface area contributed by atoms with Gasteiger partial charge in [-0.05, 0) is 35.3 Å². The lowest BCUT2D eigenvalue weighted by molar-refractivity contribution is -0.131.